The first-order chi connectivity index (χ1) is 12.9. The summed E-state index contributed by atoms with van der Waals surface area (Å²) in [6, 6.07) is 9.86. The minimum atomic E-state index is -0.0835. The number of thiazole rings is 1. The SMILES string of the molecule is CC(C)c1ccc(C(C)NC(=O)CSCc2cc(=O)n3ccsc3n2)cc1. The van der Waals surface area contributed by atoms with Gasteiger partial charge in [0.2, 0.25) is 5.91 Å². The number of benzene rings is 1. The molecule has 1 unspecified atom stereocenters. The first kappa shape index (κ1) is 19.6. The topological polar surface area (TPSA) is 63.5 Å². The van der Waals surface area contributed by atoms with Crippen molar-refractivity contribution in [2.75, 3.05) is 5.75 Å². The Morgan fingerprint density at radius 3 is 2.63 bits per heavy atom. The molecule has 27 heavy (non-hydrogen) atoms. The molecule has 0 bridgehead atoms. The third-order valence-corrected chi connectivity index (χ3v) is 6.04. The number of amides is 1. The highest BCUT2D eigenvalue weighted by atomic mass is 32.2. The molecule has 1 aromatic carbocycles. The Morgan fingerprint density at radius 2 is 1.93 bits per heavy atom. The molecule has 0 radical (unpaired) electrons. The highest BCUT2D eigenvalue weighted by molar-refractivity contribution is 7.99. The van der Waals surface area contributed by atoms with Gasteiger partial charge in [-0.25, -0.2) is 4.98 Å². The van der Waals surface area contributed by atoms with Gasteiger partial charge >= 0.3 is 0 Å². The molecule has 0 aliphatic rings. The molecule has 2 aromatic heterocycles. The molecule has 0 saturated carbocycles. The largest absolute Gasteiger partial charge is 0.349 e. The summed E-state index contributed by atoms with van der Waals surface area (Å²) in [5.41, 5.74) is 3.01. The van der Waals surface area contributed by atoms with Gasteiger partial charge in [-0.15, -0.1) is 23.1 Å². The van der Waals surface area contributed by atoms with Crippen molar-refractivity contribution in [3.8, 4) is 0 Å². The zero-order chi connectivity index (χ0) is 19.4. The normalized spacial score (nSPS) is 12.4. The lowest BCUT2D eigenvalue weighted by atomic mass is 10.00. The smallest absolute Gasteiger partial charge is 0.258 e. The van der Waals surface area contributed by atoms with E-state index in [1.54, 1.807) is 6.20 Å². The van der Waals surface area contributed by atoms with Gasteiger partial charge in [-0.05, 0) is 24.0 Å². The fraction of sp³-hybridized carbons (Fsp3) is 0.350. The molecule has 0 aliphatic heterocycles. The van der Waals surface area contributed by atoms with E-state index in [1.165, 1.54) is 39.1 Å². The molecule has 0 saturated heterocycles. The van der Waals surface area contributed by atoms with Crippen LogP contribution in [-0.4, -0.2) is 21.0 Å². The first-order valence-corrected chi connectivity index (χ1v) is 10.9. The fourth-order valence-corrected chi connectivity index (χ4v) is 4.21. The summed E-state index contributed by atoms with van der Waals surface area (Å²) in [6.45, 7) is 6.31. The van der Waals surface area contributed by atoms with Gasteiger partial charge in [-0.3, -0.25) is 14.0 Å². The van der Waals surface area contributed by atoms with Gasteiger partial charge in [0, 0.05) is 23.4 Å². The lowest BCUT2D eigenvalue weighted by Crippen LogP contribution is -2.28. The average Bonchev–Trinajstić information content (AvgIpc) is 3.11. The van der Waals surface area contributed by atoms with Crippen molar-refractivity contribution < 1.29 is 4.79 Å². The molecular formula is C20H23N3O2S2. The number of aromatic nitrogens is 2. The molecule has 0 spiro atoms. The highest BCUT2D eigenvalue weighted by Gasteiger charge is 2.11. The van der Waals surface area contributed by atoms with E-state index in [0.717, 1.165) is 5.56 Å². The van der Waals surface area contributed by atoms with Crippen LogP contribution < -0.4 is 10.9 Å². The van der Waals surface area contributed by atoms with E-state index in [4.69, 9.17) is 0 Å². The predicted molar refractivity (Wildman–Crippen MR) is 113 cm³/mol. The van der Waals surface area contributed by atoms with Crippen LogP contribution in [0.5, 0.6) is 0 Å². The Bertz CT molecular complexity index is 977. The number of thioether (sulfide) groups is 1. The molecule has 0 aliphatic carbocycles. The monoisotopic (exact) mass is 401 g/mol. The predicted octanol–water partition coefficient (Wildman–Crippen LogP) is 3.99. The third-order valence-electron chi connectivity index (χ3n) is 4.32. The lowest BCUT2D eigenvalue weighted by Gasteiger charge is -2.15. The number of rotatable bonds is 7. The maximum atomic E-state index is 12.2. The molecule has 7 heteroatoms. The van der Waals surface area contributed by atoms with Crippen molar-refractivity contribution in [2.45, 2.75) is 38.5 Å². The Labute approximate surface area is 166 Å². The molecule has 0 fully saturated rings. The van der Waals surface area contributed by atoms with Crippen molar-refractivity contribution in [1.82, 2.24) is 14.7 Å². The van der Waals surface area contributed by atoms with Crippen molar-refractivity contribution in [3.05, 3.63) is 69.1 Å². The summed E-state index contributed by atoms with van der Waals surface area (Å²) < 4.78 is 1.53. The standard InChI is InChI=1S/C20H23N3O2S2/c1-13(2)15-4-6-16(7-5-15)14(3)21-18(24)12-26-11-17-10-19(25)23-8-9-27-20(23)22-17/h4-10,13-14H,11-12H2,1-3H3,(H,21,24). The number of carbonyl (C=O) groups is 1. The van der Waals surface area contributed by atoms with Crippen molar-refractivity contribution in [2.24, 2.45) is 0 Å². The van der Waals surface area contributed by atoms with Gasteiger partial charge in [-0.1, -0.05) is 38.1 Å². The second kappa shape index (κ2) is 8.71. The van der Waals surface area contributed by atoms with E-state index in [9.17, 15) is 9.59 Å². The quantitative estimate of drug-likeness (QED) is 0.650. The lowest BCUT2D eigenvalue weighted by molar-refractivity contribution is -0.119. The minimum absolute atomic E-state index is 0.0191. The van der Waals surface area contributed by atoms with Crippen LogP contribution in [0.4, 0.5) is 0 Å². The Balaban J connectivity index is 1.50. The van der Waals surface area contributed by atoms with Crippen LogP contribution in [-0.2, 0) is 10.5 Å². The van der Waals surface area contributed by atoms with E-state index in [-0.39, 0.29) is 17.5 Å². The van der Waals surface area contributed by atoms with Gasteiger partial charge in [0.25, 0.3) is 5.56 Å². The van der Waals surface area contributed by atoms with E-state index < -0.39 is 0 Å². The van der Waals surface area contributed by atoms with Crippen LogP contribution in [0.25, 0.3) is 4.96 Å². The maximum Gasteiger partial charge on any atom is 0.258 e. The van der Waals surface area contributed by atoms with Crippen LogP contribution in [0.1, 0.15) is 49.6 Å². The van der Waals surface area contributed by atoms with Crippen LogP contribution in [0.3, 0.4) is 0 Å². The zero-order valence-corrected chi connectivity index (χ0v) is 17.3. The number of nitrogens with one attached hydrogen (secondary N) is 1. The maximum absolute atomic E-state index is 12.2. The van der Waals surface area contributed by atoms with Crippen molar-refractivity contribution in [3.63, 3.8) is 0 Å². The second-order valence-corrected chi connectivity index (χ2v) is 8.60. The molecule has 142 valence electrons. The Morgan fingerprint density at radius 1 is 1.22 bits per heavy atom. The van der Waals surface area contributed by atoms with E-state index in [0.29, 0.717) is 28.1 Å². The van der Waals surface area contributed by atoms with Gasteiger partial charge in [0.15, 0.2) is 4.96 Å². The molecule has 1 N–H and O–H groups in total. The summed E-state index contributed by atoms with van der Waals surface area (Å²) in [6.07, 6.45) is 1.72. The summed E-state index contributed by atoms with van der Waals surface area (Å²) in [5.74, 6) is 1.35. The van der Waals surface area contributed by atoms with E-state index in [2.05, 4.69) is 48.4 Å². The first-order valence-electron chi connectivity index (χ1n) is 8.87. The van der Waals surface area contributed by atoms with Crippen LogP contribution in [0.2, 0.25) is 0 Å². The highest BCUT2D eigenvalue weighted by Crippen LogP contribution is 2.19. The van der Waals surface area contributed by atoms with Crippen molar-refractivity contribution in [1.29, 1.82) is 0 Å². The molecule has 3 aromatic rings. The van der Waals surface area contributed by atoms with Gasteiger partial charge in [0.05, 0.1) is 17.5 Å². The summed E-state index contributed by atoms with van der Waals surface area (Å²) in [7, 11) is 0. The van der Waals surface area contributed by atoms with Crippen LogP contribution in [0, 0.1) is 0 Å². The minimum Gasteiger partial charge on any atom is -0.349 e. The number of carbonyl (C=O) groups excluding carboxylic acids is 1. The molecule has 2 heterocycles. The van der Waals surface area contributed by atoms with Crippen LogP contribution >= 0.6 is 23.1 Å². The van der Waals surface area contributed by atoms with E-state index >= 15 is 0 Å². The molecule has 1 atom stereocenters. The Hall–Kier alpha value is -2.12. The zero-order valence-electron chi connectivity index (χ0n) is 15.6. The third kappa shape index (κ3) is 4.99. The van der Waals surface area contributed by atoms with Gasteiger partial charge in [-0.2, -0.15) is 0 Å². The Kier molecular flexibility index (Phi) is 6.34. The second-order valence-electron chi connectivity index (χ2n) is 6.74. The molecule has 3 rings (SSSR count). The number of fused-ring (bicyclic) bond motifs is 1. The fourth-order valence-electron chi connectivity index (χ4n) is 2.75. The number of nitrogens with zero attached hydrogens (tertiary/aromatic N) is 2. The molecule has 5 nitrogen and oxygen atoms in total. The molecule has 1 amide bonds. The summed E-state index contributed by atoms with van der Waals surface area (Å²) in [4.78, 5) is 29.3. The van der Waals surface area contributed by atoms with Gasteiger partial charge < -0.3 is 5.32 Å². The van der Waals surface area contributed by atoms with Gasteiger partial charge in [0.1, 0.15) is 0 Å². The van der Waals surface area contributed by atoms with Crippen molar-refractivity contribution >= 4 is 34.0 Å². The summed E-state index contributed by atoms with van der Waals surface area (Å²) >= 11 is 2.89. The number of hydrogen-bond donors (Lipinski definition) is 1. The van der Waals surface area contributed by atoms with E-state index in [1.807, 2.05) is 12.3 Å². The summed E-state index contributed by atoms with van der Waals surface area (Å²) in [5, 5.41) is 4.86. The molecular weight excluding hydrogens is 378 g/mol. The average molecular weight is 402 g/mol. The number of hydrogen-bond acceptors (Lipinski definition) is 5. The van der Waals surface area contributed by atoms with Crippen LogP contribution in [0.15, 0.2) is 46.7 Å².